The van der Waals surface area contributed by atoms with Crippen molar-refractivity contribution < 1.29 is 4.74 Å². The highest BCUT2D eigenvalue weighted by Gasteiger charge is 2.32. The minimum atomic E-state index is 0.350. The van der Waals surface area contributed by atoms with Gasteiger partial charge in [-0.3, -0.25) is 0 Å². The highest BCUT2D eigenvalue weighted by atomic mass is 16.5. The van der Waals surface area contributed by atoms with Gasteiger partial charge < -0.3 is 4.74 Å². The minimum Gasteiger partial charge on any atom is -0.494 e. The molecule has 1 heteroatoms. The van der Waals surface area contributed by atoms with Crippen LogP contribution in [-0.2, 0) is 5.41 Å². The zero-order chi connectivity index (χ0) is 15.4. The van der Waals surface area contributed by atoms with Gasteiger partial charge in [0, 0.05) is 0 Å². The van der Waals surface area contributed by atoms with E-state index in [1.54, 1.807) is 0 Å². The second kappa shape index (κ2) is 6.56. The molecule has 22 heavy (non-hydrogen) atoms. The molecule has 1 saturated carbocycles. The molecule has 0 bridgehead atoms. The summed E-state index contributed by atoms with van der Waals surface area (Å²) in [5.74, 6) is 1.68. The van der Waals surface area contributed by atoms with Gasteiger partial charge in [0.05, 0.1) is 6.61 Å². The molecule has 116 valence electrons. The topological polar surface area (TPSA) is 9.23 Å². The van der Waals surface area contributed by atoms with Crippen LogP contribution in [0.5, 0.6) is 5.75 Å². The van der Waals surface area contributed by atoms with Crippen molar-refractivity contribution >= 4 is 0 Å². The Kier molecular flexibility index (Phi) is 4.52. The van der Waals surface area contributed by atoms with Crippen LogP contribution in [0, 0.1) is 0 Å². The van der Waals surface area contributed by atoms with Crippen molar-refractivity contribution in [2.75, 3.05) is 6.61 Å². The third-order valence-electron chi connectivity index (χ3n) is 5.22. The van der Waals surface area contributed by atoms with Crippen molar-refractivity contribution in [3.63, 3.8) is 0 Å². The standard InChI is InChI=1S/C21H26O/c1-3-22-20-11-9-17(10-12-20)18-13-15-21(2,16-14-18)19-7-5-4-6-8-19/h4-12,18H,3,13-16H2,1-2H3. The summed E-state index contributed by atoms with van der Waals surface area (Å²) in [6.07, 6.45) is 5.10. The first kappa shape index (κ1) is 15.1. The molecule has 1 aliphatic rings. The molecule has 2 aromatic rings. The number of benzene rings is 2. The molecule has 0 saturated heterocycles. The molecule has 0 unspecified atom stereocenters. The van der Waals surface area contributed by atoms with E-state index in [1.807, 2.05) is 6.92 Å². The second-order valence-electron chi connectivity index (χ2n) is 6.70. The van der Waals surface area contributed by atoms with Gasteiger partial charge in [-0.15, -0.1) is 0 Å². The average molecular weight is 294 g/mol. The quantitative estimate of drug-likeness (QED) is 0.702. The normalized spacial score (nSPS) is 24.9. The van der Waals surface area contributed by atoms with Crippen molar-refractivity contribution in [2.24, 2.45) is 0 Å². The Morgan fingerprint density at radius 1 is 0.955 bits per heavy atom. The highest BCUT2D eigenvalue weighted by Crippen LogP contribution is 2.44. The van der Waals surface area contributed by atoms with E-state index in [1.165, 1.54) is 36.8 Å². The molecule has 1 aliphatic carbocycles. The first-order chi connectivity index (χ1) is 10.7. The van der Waals surface area contributed by atoms with E-state index in [0.717, 1.165) is 12.4 Å². The van der Waals surface area contributed by atoms with Crippen molar-refractivity contribution in [3.8, 4) is 5.75 Å². The molecule has 2 aromatic carbocycles. The summed E-state index contributed by atoms with van der Waals surface area (Å²) in [6, 6.07) is 19.8. The summed E-state index contributed by atoms with van der Waals surface area (Å²) in [4.78, 5) is 0. The molecule has 0 heterocycles. The lowest BCUT2D eigenvalue weighted by Crippen LogP contribution is -2.27. The lowest BCUT2D eigenvalue weighted by Gasteiger charge is -2.38. The van der Waals surface area contributed by atoms with Gasteiger partial charge >= 0.3 is 0 Å². The third kappa shape index (κ3) is 3.19. The fourth-order valence-electron chi connectivity index (χ4n) is 3.72. The van der Waals surface area contributed by atoms with Gasteiger partial charge in [-0.25, -0.2) is 0 Å². The van der Waals surface area contributed by atoms with E-state index in [-0.39, 0.29) is 0 Å². The molecule has 3 rings (SSSR count). The summed E-state index contributed by atoms with van der Waals surface area (Å²) in [6.45, 7) is 5.19. The maximum Gasteiger partial charge on any atom is 0.119 e. The predicted octanol–water partition coefficient (Wildman–Crippen LogP) is 5.70. The molecule has 0 spiro atoms. The Morgan fingerprint density at radius 3 is 2.18 bits per heavy atom. The maximum absolute atomic E-state index is 5.54. The molecule has 0 aliphatic heterocycles. The largest absolute Gasteiger partial charge is 0.494 e. The number of hydrogen-bond acceptors (Lipinski definition) is 1. The van der Waals surface area contributed by atoms with Crippen molar-refractivity contribution in [1.82, 2.24) is 0 Å². The summed E-state index contributed by atoms with van der Waals surface area (Å²) >= 11 is 0. The van der Waals surface area contributed by atoms with Crippen LogP contribution in [0.3, 0.4) is 0 Å². The molecule has 1 fully saturated rings. The SMILES string of the molecule is CCOc1ccc(C2CCC(C)(c3ccccc3)CC2)cc1. The second-order valence-corrected chi connectivity index (χ2v) is 6.70. The van der Waals surface area contributed by atoms with E-state index in [0.29, 0.717) is 11.3 Å². The van der Waals surface area contributed by atoms with Gasteiger partial charge in [-0.1, -0.05) is 49.4 Å². The van der Waals surface area contributed by atoms with Crippen LogP contribution in [0.15, 0.2) is 54.6 Å². The van der Waals surface area contributed by atoms with Crippen molar-refractivity contribution in [2.45, 2.75) is 50.9 Å². The lowest BCUT2D eigenvalue weighted by molar-refractivity contribution is 0.291. The van der Waals surface area contributed by atoms with E-state index in [4.69, 9.17) is 4.74 Å². The molecule has 0 aromatic heterocycles. The van der Waals surface area contributed by atoms with Gasteiger partial charge in [0.1, 0.15) is 5.75 Å². The smallest absolute Gasteiger partial charge is 0.119 e. The van der Waals surface area contributed by atoms with E-state index >= 15 is 0 Å². The van der Waals surface area contributed by atoms with Crippen molar-refractivity contribution in [3.05, 3.63) is 65.7 Å². The van der Waals surface area contributed by atoms with Crippen LogP contribution in [-0.4, -0.2) is 6.61 Å². The van der Waals surface area contributed by atoms with Crippen molar-refractivity contribution in [1.29, 1.82) is 0 Å². The zero-order valence-electron chi connectivity index (χ0n) is 13.7. The highest BCUT2D eigenvalue weighted by molar-refractivity contribution is 5.31. The summed E-state index contributed by atoms with van der Waals surface area (Å²) in [5, 5.41) is 0. The van der Waals surface area contributed by atoms with Crippen LogP contribution in [0.2, 0.25) is 0 Å². The summed E-state index contributed by atoms with van der Waals surface area (Å²) < 4.78 is 5.54. The van der Waals surface area contributed by atoms with Crippen LogP contribution in [0.4, 0.5) is 0 Å². The molecular formula is C21H26O. The third-order valence-corrected chi connectivity index (χ3v) is 5.22. The number of hydrogen-bond donors (Lipinski definition) is 0. The van der Waals surface area contributed by atoms with E-state index < -0.39 is 0 Å². The predicted molar refractivity (Wildman–Crippen MR) is 92.6 cm³/mol. The molecule has 0 radical (unpaired) electrons. The Hall–Kier alpha value is -1.76. The maximum atomic E-state index is 5.54. The van der Waals surface area contributed by atoms with E-state index in [9.17, 15) is 0 Å². The number of rotatable bonds is 4. The number of ether oxygens (including phenoxy) is 1. The van der Waals surface area contributed by atoms with Gasteiger partial charge in [0.15, 0.2) is 0 Å². The first-order valence-electron chi connectivity index (χ1n) is 8.49. The fourth-order valence-corrected chi connectivity index (χ4v) is 3.72. The minimum absolute atomic E-state index is 0.350. The Bertz CT molecular complexity index is 577. The molecular weight excluding hydrogens is 268 g/mol. The van der Waals surface area contributed by atoms with E-state index in [2.05, 4.69) is 61.5 Å². The zero-order valence-corrected chi connectivity index (χ0v) is 13.7. The van der Waals surface area contributed by atoms with Gasteiger partial charge in [-0.05, 0) is 67.2 Å². The molecule has 0 amide bonds. The fraction of sp³-hybridized carbons (Fsp3) is 0.429. The van der Waals surface area contributed by atoms with Crippen LogP contribution in [0.25, 0.3) is 0 Å². The average Bonchev–Trinajstić information content (AvgIpc) is 2.58. The molecule has 0 N–H and O–H groups in total. The lowest BCUT2D eigenvalue weighted by atomic mass is 9.67. The first-order valence-corrected chi connectivity index (χ1v) is 8.49. The monoisotopic (exact) mass is 294 g/mol. The van der Waals surface area contributed by atoms with Gasteiger partial charge in [-0.2, -0.15) is 0 Å². The summed E-state index contributed by atoms with van der Waals surface area (Å²) in [5.41, 5.74) is 3.32. The molecule has 0 atom stereocenters. The van der Waals surface area contributed by atoms with Crippen LogP contribution < -0.4 is 4.74 Å². The summed E-state index contributed by atoms with van der Waals surface area (Å²) in [7, 11) is 0. The van der Waals surface area contributed by atoms with Gasteiger partial charge in [0.2, 0.25) is 0 Å². The Morgan fingerprint density at radius 2 is 1.59 bits per heavy atom. The Labute approximate surface area is 134 Å². The Balaban J connectivity index is 1.66. The van der Waals surface area contributed by atoms with Gasteiger partial charge in [0.25, 0.3) is 0 Å². The van der Waals surface area contributed by atoms with Crippen LogP contribution in [0.1, 0.15) is 56.6 Å². The van der Waals surface area contributed by atoms with Crippen LogP contribution >= 0.6 is 0 Å². The molecule has 1 nitrogen and oxygen atoms in total.